The molecule has 0 saturated heterocycles. The minimum absolute atomic E-state index is 0.00582. The fourth-order valence-corrected chi connectivity index (χ4v) is 1.79. The van der Waals surface area contributed by atoms with Crippen LogP contribution in [0.15, 0.2) is 48.5 Å². The highest BCUT2D eigenvalue weighted by Crippen LogP contribution is 2.04. The Morgan fingerprint density at radius 2 is 1.29 bits per heavy atom. The van der Waals surface area contributed by atoms with E-state index in [0.29, 0.717) is 13.1 Å². The summed E-state index contributed by atoms with van der Waals surface area (Å²) in [7, 11) is 0. The Hall–Kier alpha value is -2.40. The summed E-state index contributed by atoms with van der Waals surface area (Å²) in [6, 6.07) is 13.0. The first-order valence-electron chi connectivity index (χ1n) is 6.62. The Bertz CT molecular complexity index is 582. The first-order valence-corrected chi connectivity index (χ1v) is 6.62. The van der Waals surface area contributed by atoms with Crippen LogP contribution in [0.2, 0.25) is 0 Å². The first kappa shape index (κ1) is 15.0. The molecule has 2 amide bonds. The van der Waals surface area contributed by atoms with Crippen molar-refractivity contribution in [3.05, 3.63) is 71.0 Å². The van der Waals surface area contributed by atoms with Gasteiger partial charge in [0, 0.05) is 13.1 Å². The second-order valence-electron chi connectivity index (χ2n) is 4.64. The van der Waals surface area contributed by atoms with E-state index < -0.39 is 0 Å². The molecule has 5 heteroatoms. The molecule has 0 fully saturated rings. The summed E-state index contributed by atoms with van der Waals surface area (Å²) in [6.07, 6.45) is 0. The molecule has 2 aromatic rings. The van der Waals surface area contributed by atoms with Crippen molar-refractivity contribution in [1.29, 1.82) is 0 Å². The third-order valence-electron chi connectivity index (χ3n) is 3.02. The third-order valence-corrected chi connectivity index (χ3v) is 3.02. The van der Waals surface area contributed by atoms with E-state index in [0.717, 1.165) is 16.7 Å². The lowest BCUT2D eigenvalue weighted by Crippen LogP contribution is -2.34. The van der Waals surface area contributed by atoms with Crippen LogP contribution < -0.4 is 10.6 Å². The highest BCUT2D eigenvalue weighted by Gasteiger charge is 2.01. The van der Waals surface area contributed by atoms with Gasteiger partial charge in [0.15, 0.2) is 0 Å². The van der Waals surface area contributed by atoms with Crippen molar-refractivity contribution in [2.45, 2.75) is 19.7 Å². The molecule has 0 aliphatic carbocycles. The van der Waals surface area contributed by atoms with Crippen molar-refractivity contribution in [2.24, 2.45) is 0 Å². The Kier molecular flexibility index (Phi) is 5.29. The molecule has 0 aromatic heterocycles. The third kappa shape index (κ3) is 4.89. The quantitative estimate of drug-likeness (QED) is 0.790. The minimum atomic E-state index is -0.297. The summed E-state index contributed by atoms with van der Waals surface area (Å²) in [5, 5.41) is 14.4. The molecule has 0 spiro atoms. The number of halogens is 1. The van der Waals surface area contributed by atoms with Crippen LogP contribution in [0.4, 0.5) is 9.18 Å². The van der Waals surface area contributed by atoms with Crippen molar-refractivity contribution in [3.63, 3.8) is 0 Å². The lowest BCUT2D eigenvalue weighted by atomic mass is 10.1. The summed E-state index contributed by atoms with van der Waals surface area (Å²) in [5.74, 6) is -0.297. The van der Waals surface area contributed by atoms with Gasteiger partial charge in [0.1, 0.15) is 5.82 Å². The number of hydrogen-bond donors (Lipinski definition) is 3. The van der Waals surface area contributed by atoms with Crippen LogP contribution in [0.1, 0.15) is 16.7 Å². The van der Waals surface area contributed by atoms with Crippen LogP contribution in [-0.2, 0) is 19.7 Å². The molecule has 0 heterocycles. The van der Waals surface area contributed by atoms with Gasteiger partial charge in [0.25, 0.3) is 0 Å². The number of rotatable bonds is 5. The number of nitrogens with one attached hydrogen (secondary N) is 2. The number of carbonyl (C=O) groups is 1. The number of carbonyl (C=O) groups excluding carboxylic acids is 1. The number of hydrogen-bond acceptors (Lipinski definition) is 2. The van der Waals surface area contributed by atoms with Gasteiger partial charge in [-0.3, -0.25) is 0 Å². The van der Waals surface area contributed by atoms with Gasteiger partial charge in [-0.2, -0.15) is 0 Å². The molecule has 0 atom stereocenters. The zero-order valence-electron chi connectivity index (χ0n) is 11.5. The molecule has 2 rings (SSSR count). The highest BCUT2D eigenvalue weighted by molar-refractivity contribution is 5.73. The standard InChI is InChI=1S/C16H17FN2O2/c17-15-7-5-13(6-8-15)10-19-16(21)18-9-12-1-3-14(11-20)4-2-12/h1-8,20H,9-11H2,(H2,18,19,21). The molecule has 0 unspecified atom stereocenters. The second kappa shape index (κ2) is 7.40. The molecule has 0 saturated carbocycles. The molecule has 4 nitrogen and oxygen atoms in total. The summed E-state index contributed by atoms with van der Waals surface area (Å²) >= 11 is 0. The van der Waals surface area contributed by atoms with Crippen molar-refractivity contribution in [2.75, 3.05) is 0 Å². The van der Waals surface area contributed by atoms with Gasteiger partial charge in [-0.05, 0) is 28.8 Å². The Morgan fingerprint density at radius 1 is 0.857 bits per heavy atom. The van der Waals surface area contributed by atoms with Crippen LogP contribution in [0.5, 0.6) is 0 Å². The molecule has 21 heavy (non-hydrogen) atoms. The number of aliphatic hydroxyl groups excluding tert-OH is 1. The lowest BCUT2D eigenvalue weighted by molar-refractivity contribution is 0.240. The Morgan fingerprint density at radius 3 is 1.76 bits per heavy atom. The maximum atomic E-state index is 12.7. The summed E-state index contributed by atoms with van der Waals surface area (Å²) < 4.78 is 12.7. The maximum absolute atomic E-state index is 12.7. The second-order valence-corrected chi connectivity index (χ2v) is 4.64. The van der Waals surface area contributed by atoms with Gasteiger partial charge >= 0.3 is 6.03 Å². The first-order chi connectivity index (χ1) is 10.2. The summed E-state index contributed by atoms with van der Waals surface area (Å²) in [4.78, 5) is 11.6. The molecule has 0 bridgehead atoms. The van der Waals surface area contributed by atoms with Crippen LogP contribution in [-0.4, -0.2) is 11.1 Å². The van der Waals surface area contributed by atoms with Crippen LogP contribution in [0.25, 0.3) is 0 Å². The minimum Gasteiger partial charge on any atom is -0.392 e. The van der Waals surface area contributed by atoms with E-state index in [1.807, 2.05) is 24.3 Å². The number of aliphatic hydroxyl groups is 1. The molecule has 0 aliphatic rings. The van der Waals surface area contributed by atoms with Crippen molar-refractivity contribution in [1.82, 2.24) is 10.6 Å². The van der Waals surface area contributed by atoms with E-state index in [1.165, 1.54) is 12.1 Å². The Labute approximate surface area is 122 Å². The molecule has 0 radical (unpaired) electrons. The fraction of sp³-hybridized carbons (Fsp3) is 0.188. The summed E-state index contributed by atoms with van der Waals surface area (Å²) in [5.41, 5.74) is 2.61. The van der Waals surface area contributed by atoms with Gasteiger partial charge in [-0.25, -0.2) is 9.18 Å². The van der Waals surface area contributed by atoms with Crippen molar-refractivity contribution < 1.29 is 14.3 Å². The van der Waals surface area contributed by atoms with Crippen LogP contribution in [0.3, 0.4) is 0 Å². The lowest BCUT2D eigenvalue weighted by Gasteiger charge is -2.08. The molecular weight excluding hydrogens is 271 g/mol. The largest absolute Gasteiger partial charge is 0.392 e. The van der Waals surface area contributed by atoms with E-state index in [1.54, 1.807) is 12.1 Å². The smallest absolute Gasteiger partial charge is 0.315 e. The van der Waals surface area contributed by atoms with E-state index >= 15 is 0 Å². The summed E-state index contributed by atoms with van der Waals surface area (Å²) in [6.45, 7) is 0.752. The van der Waals surface area contributed by atoms with E-state index in [4.69, 9.17) is 5.11 Å². The van der Waals surface area contributed by atoms with E-state index in [9.17, 15) is 9.18 Å². The molecule has 0 aliphatic heterocycles. The number of urea groups is 1. The van der Waals surface area contributed by atoms with E-state index in [2.05, 4.69) is 10.6 Å². The van der Waals surface area contributed by atoms with Gasteiger partial charge in [0.05, 0.1) is 6.61 Å². The normalized spacial score (nSPS) is 10.2. The predicted octanol–water partition coefficient (Wildman–Crippen LogP) is 2.32. The SMILES string of the molecule is O=C(NCc1ccc(F)cc1)NCc1ccc(CO)cc1. The van der Waals surface area contributed by atoms with Crippen LogP contribution in [0, 0.1) is 5.82 Å². The van der Waals surface area contributed by atoms with Gasteiger partial charge < -0.3 is 15.7 Å². The van der Waals surface area contributed by atoms with Crippen LogP contribution >= 0.6 is 0 Å². The van der Waals surface area contributed by atoms with Gasteiger partial charge in [0.2, 0.25) is 0 Å². The molecule has 3 N–H and O–H groups in total. The maximum Gasteiger partial charge on any atom is 0.315 e. The van der Waals surface area contributed by atoms with Crippen molar-refractivity contribution >= 4 is 6.03 Å². The fourth-order valence-electron chi connectivity index (χ4n) is 1.79. The predicted molar refractivity (Wildman–Crippen MR) is 77.8 cm³/mol. The molecule has 110 valence electrons. The Balaban J connectivity index is 1.75. The average Bonchev–Trinajstić information content (AvgIpc) is 2.53. The monoisotopic (exact) mass is 288 g/mol. The topological polar surface area (TPSA) is 61.4 Å². The van der Waals surface area contributed by atoms with Gasteiger partial charge in [-0.15, -0.1) is 0 Å². The zero-order valence-corrected chi connectivity index (χ0v) is 11.5. The average molecular weight is 288 g/mol. The number of benzene rings is 2. The van der Waals surface area contributed by atoms with Crippen molar-refractivity contribution in [3.8, 4) is 0 Å². The number of amides is 2. The van der Waals surface area contributed by atoms with E-state index in [-0.39, 0.29) is 18.5 Å². The van der Waals surface area contributed by atoms with Gasteiger partial charge in [-0.1, -0.05) is 36.4 Å². The zero-order chi connectivity index (χ0) is 15.1. The highest BCUT2D eigenvalue weighted by atomic mass is 19.1. The molecular formula is C16H17FN2O2. The molecule has 2 aromatic carbocycles.